The van der Waals surface area contributed by atoms with E-state index >= 15 is 0 Å². The van der Waals surface area contributed by atoms with Crippen LogP contribution in [0.1, 0.15) is 33.8 Å². The minimum atomic E-state index is 0.677. The molecule has 0 radical (unpaired) electrons. The van der Waals surface area contributed by atoms with Gasteiger partial charge in [-0.1, -0.05) is 0 Å². The van der Waals surface area contributed by atoms with Crippen LogP contribution < -0.4 is 5.73 Å². The van der Waals surface area contributed by atoms with Gasteiger partial charge in [-0.3, -0.25) is 9.67 Å². The molecule has 0 aliphatic carbocycles. The molecule has 0 aliphatic rings. The minimum Gasteiger partial charge on any atom is -0.398 e. The molecule has 4 nitrogen and oxygen atoms in total. The zero-order valence-electron chi connectivity index (χ0n) is 11.7. The van der Waals surface area contributed by atoms with E-state index in [1.165, 1.54) is 11.3 Å². The second kappa shape index (κ2) is 4.44. The van der Waals surface area contributed by atoms with Crippen LogP contribution in [0.5, 0.6) is 0 Å². The summed E-state index contributed by atoms with van der Waals surface area (Å²) < 4.78 is 1.99. The molecule has 0 fully saturated rings. The van der Waals surface area contributed by atoms with Gasteiger partial charge in [-0.2, -0.15) is 5.10 Å². The van der Waals surface area contributed by atoms with E-state index < -0.39 is 0 Å². The third-order valence-electron chi connectivity index (χ3n) is 3.72. The Kier molecular flexibility index (Phi) is 3.11. The maximum Gasteiger partial charge on any atom is 0.0838 e. The van der Waals surface area contributed by atoms with Gasteiger partial charge in [0.05, 0.1) is 17.9 Å². The number of anilines is 1. The minimum absolute atomic E-state index is 0.677. The lowest BCUT2D eigenvalue weighted by atomic mass is 10.1. The highest BCUT2D eigenvalue weighted by molar-refractivity contribution is 5.53. The highest BCUT2D eigenvalue weighted by atomic mass is 15.3. The van der Waals surface area contributed by atoms with Gasteiger partial charge in [0.2, 0.25) is 0 Å². The topological polar surface area (TPSA) is 56.7 Å². The zero-order chi connectivity index (χ0) is 13.4. The number of nitrogen functional groups attached to an aromatic ring is 1. The molecule has 0 saturated carbocycles. The van der Waals surface area contributed by atoms with Gasteiger partial charge in [-0.05, 0) is 51.3 Å². The van der Waals surface area contributed by atoms with Crippen LogP contribution in [-0.4, -0.2) is 14.8 Å². The fourth-order valence-electron chi connectivity index (χ4n) is 2.03. The molecule has 2 N–H and O–H groups in total. The fraction of sp³-hybridized carbons (Fsp3) is 0.429. The zero-order valence-corrected chi connectivity index (χ0v) is 11.7. The van der Waals surface area contributed by atoms with E-state index in [2.05, 4.69) is 23.9 Å². The summed E-state index contributed by atoms with van der Waals surface area (Å²) in [5.74, 6) is 0. The molecule has 0 unspecified atom stereocenters. The van der Waals surface area contributed by atoms with Crippen LogP contribution in [0.25, 0.3) is 0 Å². The number of pyridine rings is 1. The predicted octanol–water partition coefficient (Wildman–Crippen LogP) is 2.45. The molecular weight excluding hydrogens is 224 g/mol. The monoisotopic (exact) mass is 244 g/mol. The van der Waals surface area contributed by atoms with Gasteiger partial charge in [0, 0.05) is 17.6 Å². The highest BCUT2D eigenvalue weighted by Gasteiger charge is 2.11. The van der Waals surface area contributed by atoms with E-state index in [4.69, 9.17) is 5.73 Å². The summed E-state index contributed by atoms with van der Waals surface area (Å²) in [7, 11) is 0. The summed E-state index contributed by atoms with van der Waals surface area (Å²) >= 11 is 0. The molecule has 0 amide bonds. The first-order chi connectivity index (χ1) is 8.41. The smallest absolute Gasteiger partial charge is 0.0838 e. The summed E-state index contributed by atoms with van der Waals surface area (Å²) in [6, 6.07) is 0. The maximum absolute atomic E-state index is 6.04. The van der Waals surface area contributed by atoms with Crippen LogP contribution in [0, 0.1) is 34.6 Å². The van der Waals surface area contributed by atoms with Crippen LogP contribution in [0.3, 0.4) is 0 Å². The Bertz CT molecular complexity index is 596. The number of hydrogen-bond acceptors (Lipinski definition) is 3. The van der Waals surface area contributed by atoms with Crippen molar-refractivity contribution < 1.29 is 0 Å². The molecule has 2 aromatic rings. The van der Waals surface area contributed by atoms with Crippen molar-refractivity contribution in [2.24, 2.45) is 0 Å². The fourth-order valence-corrected chi connectivity index (χ4v) is 2.03. The number of nitrogens with two attached hydrogens (primary N) is 1. The van der Waals surface area contributed by atoms with Gasteiger partial charge in [0.15, 0.2) is 0 Å². The first-order valence-electron chi connectivity index (χ1n) is 6.13. The van der Waals surface area contributed by atoms with Crippen molar-refractivity contribution in [2.75, 3.05) is 5.73 Å². The molecular formula is C14H20N4. The molecule has 0 spiro atoms. The SMILES string of the molecule is Cc1cnc(Cn2nc(C)c(C)c2C)c(C)c1N. The lowest BCUT2D eigenvalue weighted by Crippen LogP contribution is -2.09. The molecule has 2 rings (SSSR count). The number of nitrogens with zero attached hydrogens (tertiary/aromatic N) is 3. The molecule has 0 bridgehead atoms. The Balaban J connectivity index is 2.40. The molecule has 96 valence electrons. The van der Waals surface area contributed by atoms with E-state index in [0.717, 1.165) is 28.2 Å². The third kappa shape index (κ3) is 1.98. The van der Waals surface area contributed by atoms with Crippen molar-refractivity contribution in [1.82, 2.24) is 14.8 Å². The lowest BCUT2D eigenvalue weighted by molar-refractivity contribution is 0.643. The van der Waals surface area contributed by atoms with Gasteiger partial charge < -0.3 is 5.73 Å². The normalized spacial score (nSPS) is 10.9. The lowest BCUT2D eigenvalue weighted by Gasteiger charge is -2.11. The number of aromatic nitrogens is 3. The standard InChI is InChI=1S/C14H20N4/c1-8-6-16-13(10(3)14(8)15)7-18-12(5)9(2)11(4)17-18/h6H,7H2,1-5H3,(H2,15,16). The summed E-state index contributed by atoms with van der Waals surface area (Å²) in [4.78, 5) is 4.47. The molecule has 0 saturated heterocycles. The van der Waals surface area contributed by atoms with Crippen LogP contribution >= 0.6 is 0 Å². The van der Waals surface area contributed by atoms with Crippen LogP contribution in [0.2, 0.25) is 0 Å². The van der Waals surface area contributed by atoms with E-state index in [-0.39, 0.29) is 0 Å². The van der Waals surface area contributed by atoms with Crippen molar-refractivity contribution >= 4 is 5.69 Å². The largest absolute Gasteiger partial charge is 0.398 e. The maximum atomic E-state index is 6.04. The van der Waals surface area contributed by atoms with Gasteiger partial charge in [0.1, 0.15) is 0 Å². The van der Waals surface area contributed by atoms with E-state index in [1.807, 2.05) is 31.6 Å². The molecule has 18 heavy (non-hydrogen) atoms. The van der Waals surface area contributed by atoms with Crippen molar-refractivity contribution in [2.45, 2.75) is 41.2 Å². The third-order valence-corrected chi connectivity index (χ3v) is 3.72. The van der Waals surface area contributed by atoms with Crippen molar-refractivity contribution in [1.29, 1.82) is 0 Å². The second-order valence-corrected chi connectivity index (χ2v) is 4.88. The first kappa shape index (κ1) is 12.6. The van der Waals surface area contributed by atoms with Crippen LogP contribution in [0.4, 0.5) is 5.69 Å². The molecule has 4 heteroatoms. The summed E-state index contributed by atoms with van der Waals surface area (Å²) in [6.07, 6.45) is 1.83. The van der Waals surface area contributed by atoms with Crippen LogP contribution in [-0.2, 0) is 6.54 Å². The number of aryl methyl sites for hydroxylation is 2. The molecule has 0 aliphatic heterocycles. The number of hydrogen-bond donors (Lipinski definition) is 1. The molecule has 0 atom stereocenters. The van der Waals surface area contributed by atoms with E-state index in [9.17, 15) is 0 Å². The summed E-state index contributed by atoms with van der Waals surface area (Å²) in [5, 5.41) is 4.53. The highest BCUT2D eigenvalue weighted by Crippen LogP contribution is 2.20. The van der Waals surface area contributed by atoms with Gasteiger partial charge in [0.25, 0.3) is 0 Å². The second-order valence-electron chi connectivity index (χ2n) is 4.88. The van der Waals surface area contributed by atoms with Gasteiger partial charge in [-0.25, -0.2) is 0 Å². The Morgan fingerprint density at radius 3 is 2.33 bits per heavy atom. The average Bonchev–Trinajstić information content (AvgIpc) is 2.58. The molecule has 0 aromatic carbocycles. The Hall–Kier alpha value is -1.84. The summed E-state index contributed by atoms with van der Waals surface area (Å²) in [6.45, 7) is 10.9. The Morgan fingerprint density at radius 2 is 1.78 bits per heavy atom. The number of rotatable bonds is 2. The van der Waals surface area contributed by atoms with Gasteiger partial charge in [-0.15, -0.1) is 0 Å². The average molecular weight is 244 g/mol. The van der Waals surface area contributed by atoms with Gasteiger partial charge >= 0.3 is 0 Å². The Labute approximate surface area is 108 Å². The van der Waals surface area contributed by atoms with Crippen LogP contribution in [0.15, 0.2) is 6.20 Å². The van der Waals surface area contributed by atoms with E-state index in [1.54, 1.807) is 0 Å². The Morgan fingerprint density at radius 1 is 1.11 bits per heavy atom. The quantitative estimate of drug-likeness (QED) is 0.882. The molecule has 2 heterocycles. The van der Waals surface area contributed by atoms with E-state index in [0.29, 0.717) is 6.54 Å². The van der Waals surface area contributed by atoms with Crippen molar-refractivity contribution in [3.63, 3.8) is 0 Å². The molecule has 2 aromatic heterocycles. The van der Waals surface area contributed by atoms with Crippen molar-refractivity contribution in [3.8, 4) is 0 Å². The first-order valence-corrected chi connectivity index (χ1v) is 6.13. The summed E-state index contributed by atoms with van der Waals surface area (Å²) in [5.41, 5.74) is 13.5. The van der Waals surface area contributed by atoms with Crippen molar-refractivity contribution in [3.05, 3.63) is 40.0 Å². The predicted molar refractivity (Wildman–Crippen MR) is 73.7 cm³/mol.